The number of fused-ring (bicyclic) bond motifs is 1. The van der Waals surface area contributed by atoms with Gasteiger partial charge in [-0.1, -0.05) is 18.2 Å². The highest BCUT2D eigenvalue weighted by Crippen LogP contribution is 2.41. The van der Waals surface area contributed by atoms with Gasteiger partial charge in [-0.15, -0.1) is 5.11 Å². The van der Waals surface area contributed by atoms with E-state index in [1.165, 1.54) is 13.0 Å². The Kier molecular flexibility index (Phi) is 5.26. The van der Waals surface area contributed by atoms with Gasteiger partial charge in [0, 0.05) is 11.8 Å². The summed E-state index contributed by atoms with van der Waals surface area (Å²) in [4.78, 5) is 11.2. The predicted octanol–water partition coefficient (Wildman–Crippen LogP) is 4.30. The van der Waals surface area contributed by atoms with Crippen molar-refractivity contribution in [2.45, 2.75) is 25.2 Å². The van der Waals surface area contributed by atoms with Gasteiger partial charge < -0.3 is 9.66 Å². The SMILES string of the molecule is CC(=O)Cc1cc(S(=O)(=O)[O-])cc2cc(C)c(N=Nc3ccccc3)c(O)c12. The Morgan fingerprint density at radius 3 is 2.39 bits per heavy atom. The summed E-state index contributed by atoms with van der Waals surface area (Å²) < 4.78 is 34.4. The fourth-order valence-corrected chi connectivity index (χ4v) is 3.54. The molecule has 8 heteroatoms. The van der Waals surface area contributed by atoms with Crippen molar-refractivity contribution in [3.63, 3.8) is 0 Å². The molecule has 0 aromatic heterocycles. The van der Waals surface area contributed by atoms with Crippen LogP contribution in [0.1, 0.15) is 18.1 Å². The van der Waals surface area contributed by atoms with Crippen LogP contribution in [0.3, 0.4) is 0 Å². The van der Waals surface area contributed by atoms with Crippen molar-refractivity contribution in [2.24, 2.45) is 10.2 Å². The third-order valence-corrected chi connectivity index (χ3v) is 4.99. The number of hydrogen-bond donors (Lipinski definition) is 1. The molecular weight excluding hydrogens is 380 g/mol. The number of hydrogen-bond acceptors (Lipinski definition) is 7. The van der Waals surface area contributed by atoms with Crippen LogP contribution in [0.5, 0.6) is 5.75 Å². The lowest BCUT2D eigenvalue weighted by atomic mass is 9.97. The zero-order valence-corrected chi connectivity index (χ0v) is 16.0. The molecule has 0 spiro atoms. The summed E-state index contributed by atoms with van der Waals surface area (Å²) in [6.07, 6.45) is -0.133. The lowest BCUT2D eigenvalue weighted by molar-refractivity contribution is -0.116. The first kappa shape index (κ1) is 19.7. The molecule has 1 N–H and O–H groups in total. The van der Waals surface area contributed by atoms with Crippen LogP contribution in [-0.4, -0.2) is 23.9 Å². The van der Waals surface area contributed by atoms with Crippen LogP contribution in [0, 0.1) is 6.92 Å². The molecule has 0 saturated carbocycles. The molecule has 144 valence electrons. The zero-order valence-electron chi connectivity index (χ0n) is 15.2. The fourth-order valence-electron chi connectivity index (χ4n) is 2.99. The normalized spacial score (nSPS) is 12.0. The molecule has 0 heterocycles. The van der Waals surface area contributed by atoms with E-state index >= 15 is 0 Å². The van der Waals surface area contributed by atoms with E-state index in [1.54, 1.807) is 37.3 Å². The molecule has 0 saturated heterocycles. The van der Waals surface area contributed by atoms with Gasteiger partial charge in [0.25, 0.3) is 0 Å². The number of azo groups is 1. The summed E-state index contributed by atoms with van der Waals surface area (Å²) in [7, 11) is -4.72. The van der Waals surface area contributed by atoms with E-state index in [2.05, 4.69) is 10.2 Å². The highest BCUT2D eigenvalue weighted by molar-refractivity contribution is 7.85. The first-order valence-corrected chi connectivity index (χ1v) is 9.79. The number of aryl methyl sites for hydroxylation is 1. The molecule has 0 amide bonds. The van der Waals surface area contributed by atoms with E-state index in [0.717, 1.165) is 6.07 Å². The van der Waals surface area contributed by atoms with E-state index in [-0.39, 0.29) is 34.6 Å². The number of Topliss-reactive ketones (excluding diaryl/α,β-unsaturated/α-hetero) is 1. The van der Waals surface area contributed by atoms with Gasteiger partial charge >= 0.3 is 0 Å². The minimum Gasteiger partial charge on any atom is -0.744 e. The van der Waals surface area contributed by atoms with E-state index in [1.807, 2.05) is 6.07 Å². The molecule has 0 aliphatic rings. The summed E-state index contributed by atoms with van der Waals surface area (Å²) in [5.74, 6) is -0.463. The maximum absolute atomic E-state index is 11.6. The highest BCUT2D eigenvalue weighted by atomic mass is 32.2. The van der Waals surface area contributed by atoms with Gasteiger partial charge in [0.05, 0.1) is 10.6 Å². The second-order valence-corrected chi connectivity index (χ2v) is 7.82. The fraction of sp³-hybridized carbons (Fsp3) is 0.150. The molecular formula is C20H17N2O5S-. The molecule has 28 heavy (non-hydrogen) atoms. The van der Waals surface area contributed by atoms with Crippen molar-refractivity contribution in [3.05, 3.63) is 59.7 Å². The van der Waals surface area contributed by atoms with E-state index < -0.39 is 15.0 Å². The number of benzene rings is 3. The van der Waals surface area contributed by atoms with Crippen LogP contribution >= 0.6 is 0 Å². The second-order valence-electron chi connectivity index (χ2n) is 6.44. The zero-order chi connectivity index (χ0) is 20.5. The smallest absolute Gasteiger partial charge is 0.151 e. The van der Waals surface area contributed by atoms with Crippen LogP contribution in [-0.2, 0) is 21.3 Å². The first-order valence-electron chi connectivity index (χ1n) is 8.38. The molecule has 3 aromatic rings. The Hall–Kier alpha value is -3.10. The Morgan fingerprint density at radius 1 is 1.11 bits per heavy atom. The quantitative estimate of drug-likeness (QED) is 0.508. The van der Waals surface area contributed by atoms with Crippen LogP contribution in [0.4, 0.5) is 11.4 Å². The van der Waals surface area contributed by atoms with Crippen molar-refractivity contribution in [1.82, 2.24) is 0 Å². The Balaban J connectivity index is 2.26. The average Bonchev–Trinajstić information content (AvgIpc) is 2.60. The van der Waals surface area contributed by atoms with Gasteiger partial charge in [0.1, 0.15) is 21.6 Å². The Bertz CT molecular complexity index is 1200. The number of phenols is 1. The number of phenolic OH excluding ortho intramolecular Hbond substituents is 1. The monoisotopic (exact) mass is 397 g/mol. The van der Waals surface area contributed by atoms with Crippen LogP contribution in [0.2, 0.25) is 0 Å². The van der Waals surface area contributed by atoms with E-state index in [9.17, 15) is 22.9 Å². The van der Waals surface area contributed by atoms with Crippen LogP contribution in [0.25, 0.3) is 10.8 Å². The number of carbonyl (C=O) groups excluding carboxylic acids is 1. The van der Waals surface area contributed by atoms with Crippen LogP contribution in [0.15, 0.2) is 63.7 Å². The molecule has 0 bridgehead atoms. The third kappa shape index (κ3) is 4.08. The van der Waals surface area contributed by atoms with Gasteiger partial charge in [-0.3, -0.25) is 4.79 Å². The van der Waals surface area contributed by atoms with Crippen molar-refractivity contribution >= 4 is 38.0 Å². The van der Waals surface area contributed by atoms with Crippen molar-refractivity contribution in [2.75, 3.05) is 0 Å². The molecule has 7 nitrogen and oxygen atoms in total. The minimum atomic E-state index is -4.72. The summed E-state index contributed by atoms with van der Waals surface area (Å²) in [6.45, 7) is 3.02. The standard InChI is InChI=1S/C20H18N2O5S/c1-12-8-14-10-17(28(25,26)27)11-15(9-13(2)23)18(14)20(24)19(12)22-21-16-6-4-3-5-7-16/h3-8,10-11,24H,9H2,1-2H3,(H,25,26,27)/p-1. The topological polar surface area (TPSA) is 119 Å². The maximum Gasteiger partial charge on any atom is 0.151 e. The summed E-state index contributed by atoms with van der Waals surface area (Å²) in [5, 5.41) is 19.6. The van der Waals surface area contributed by atoms with Crippen molar-refractivity contribution < 1.29 is 22.9 Å². The molecule has 0 aliphatic carbocycles. The maximum atomic E-state index is 11.6. The molecule has 3 rings (SSSR count). The Labute approximate surface area is 162 Å². The predicted molar refractivity (Wildman–Crippen MR) is 103 cm³/mol. The van der Waals surface area contributed by atoms with Gasteiger partial charge in [0.2, 0.25) is 0 Å². The Morgan fingerprint density at radius 2 is 1.79 bits per heavy atom. The lowest BCUT2D eigenvalue weighted by Gasteiger charge is -2.15. The molecule has 0 atom stereocenters. The van der Waals surface area contributed by atoms with Gasteiger partial charge in [-0.05, 0) is 60.7 Å². The lowest BCUT2D eigenvalue weighted by Crippen LogP contribution is -2.03. The first-order chi connectivity index (χ1) is 13.2. The number of aromatic hydroxyl groups is 1. The van der Waals surface area contributed by atoms with Crippen molar-refractivity contribution in [1.29, 1.82) is 0 Å². The summed E-state index contributed by atoms with van der Waals surface area (Å²) >= 11 is 0. The number of ketones is 1. The molecule has 0 unspecified atom stereocenters. The number of carbonyl (C=O) groups is 1. The largest absolute Gasteiger partial charge is 0.744 e. The molecule has 3 aromatic carbocycles. The average molecular weight is 397 g/mol. The van der Waals surface area contributed by atoms with Gasteiger partial charge in [-0.25, -0.2) is 8.42 Å². The van der Waals surface area contributed by atoms with Gasteiger partial charge in [-0.2, -0.15) is 5.11 Å². The van der Waals surface area contributed by atoms with Gasteiger partial charge in [0.15, 0.2) is 5.75 Å². The van der Waals surface area contributed by atoms with E-state index in [0.29, 0.717) is 16.6 Å². The van der Waals surface area contributed by atoms with E-state index in [4.69, 9.17) is 0 Å². The van der Waals surface area contributed by atoms with Crippen LogP contribution < -0.4 is 0 Å². The molecule has 0 aliphatic heterocycles. The minimum absolute atomic E-state index is 0.133. The number of rotatable bonds is 5. The second kappa shape index (κ2) is 7.49. The number of nitrogens with zero attached hydrogens (tertiary/aromatic N) is 2. The van der Waals surface area contributed by atoms with Crippen molar-refractivity contribution in [3.8, 4) is 5.75 Å². The highest BCUT2D eigenvalue weighted by Gasteiger charge is 2.17. The summed E-state index contributed by atoms with van der Waals surface area (Å²) in [6, 6.07) is 12.9. The third-order valence-electron chi connectivity index (χ3n) is 4.18. The molecule has 0 fully saturated rings. The molecule has 0 radical (unpaired) electrons. The summed E-state index contributed by atoms with van der Waals surface area (Å²) in [5.41, 5.74) is 1.59.